The number of halogens is 1. The van der Waals surface area contributed by atoms with Gasteiger partial charge in [-0.25, -0.2) is 4.68 Å². The number of carbonyl (C=O) groups is 1. The Morgan fingerprint density at radius 3 is 2.70 bits per heavy atom. The Kier molecular flexibility index (Phi) is 4.79. The van der Waals surface area contributed by atoms with Gasteiger partial charge in [0.2, 0.25) is 5.91 Å². The number of carbonyl (C=O) groups excluding carboxylic acids is 1. The summed E-state index contributed by atoms with van der Waals surface area (Å²) in [4.78, 5) is 11.9. The fourth-order valence-corrected chi connectivity index (χ4v) is 1.89. The van der Waals surface area contributed by atoms with Gasteiger partial charge in [0.05, 0.1) is 12.7 Å². The van der Waals surface area contributed by atoms with Crippen LogP contribution >= 0.6 is 11.6 Å². The number of amides is 1. The van der Waals surface area contributed by atoms with Crippen molar-refractivity contribution in [3.05, 3.63) is 47.1 Å². The number of hydrogen-bond acceptors (Lipinski definition) is 2. The maximum Gasteiger partial charge on any atom is 0.228 e. The van der Waals surface area contributed by atoms with E-state index in [1.165, 1.54) is 0 Å². The zero-order valence-corrected chi connectivity index (χ0v) is 12.4. The van der Waals surface area contributed by atoms with E-state index in [0.717, 1.165) is 12.0 Å². The van der Waals surface area contributed by atoms with Crippen LogP contribution in [0.3, 0.4) is 0 Å². The molecule has 0 saturated heterocycles. The van der Waals surface area contributed by atoms with Gasteiger partial charge in [0.25, 0.3) is 0 Å². The summed E-state index contributed by atoms with van der Waals surface area (Å²) in [5, 5.41) is 7.86. The van der Waals surface area contributed by atoms with E-state index in [-0.39, 0.29) is 11.8 Å². The second-order valence-electron chi connectivity index (χ2n) is 4.80. The Labute approximate surface area is 123 Å². The van der Waals surface area contributed by atoms with Crippen molar-refractivity contribution in [3.63, 3.8) is 0 Å². The summed E-state index contributed by atoms with van der Waals surface area (Å²) in [6.45, 7) is 4.50. The SMILES string of the molecule is CCC(C)C(=O)Nc1ccnn1Cc1ccc(Cl)cc1. The minimum atomic E-state index is -0.00566. The van der Waals surface area contributed by atoms with Gasteiger partial charge in [-0.05, 0) is 24.1 Å². The molecule has 20 heavy (non-hydrogen) atoms. The van der Waals surface area contributed by atoms with Crippen molar-refractivity contribution >= 4 is 23.3 Å². The van der Waals surface area contributed by atoms with Crippen molar-refractivity contribution in [1.29, 1.82) is 0 Å². The highest BCUT2D eigenvalue weighted by Gasteiger charge is 2.13. The average Bonchev–Trinajstić information content (AvgIpc) is 2.87. The zero-order chi connectivity index (χ0) is 14.5. The first kappa shape index (κ1) is 14.6. The second-order valence-corrected chi connectivity index (χ2v) is 5.24. The van der Waals surface area contributed by atoms with E-state index in [1.807, 2.05) is 38.1 Å². The third-order valence-corrected chi connectivity index (χ3v) is 3.53. The Bertz CT molecular complexity index is 577. The molecule has 5 heteroatoms. The highest BCUT2D eigenvalue weighted by atomic mass is 35.5. The van der Waals surface area contributed by atoms with E-state index in [9.17, 15) is 4.79 Å². The molecule has 0 saturated carbocycles. The monoisotopic (exact) mass is 291 g/mol. The van der Waals surface area contributed by atoms with Crippen molar-refractivity contribution in [2.45, 2.75) is 26.8 Å². The Morgan fingerprint density at radius 2 is 2.05 bits per heavy atom. The number of nitrogens with one attached hydrogen (secondary N) is 1. The van der Waals surface area contributed by atoms with E-state index in [1.54, 1.807) is 16.9 Å². The van der Waals surface area contributed by atoms with Gasteiger partial charge in [-0.1, -0.05) is 37.6 Å². The van der Waals surface area contributed by atoms with E-state index < -0.39 is 0 Å². The minimum Gasteiger partial charge on any atom is -0.311 e. The molecule has 1 N–H and O–H groups in total. The molecule has 0 aliphatic heterocycles. The van der Waals surface area contributed by atoms with Gasteiger partial charge in [-0.15, -0.1) is 0 Å². The predicted octanol–water partition coefficient (Wildman–Crippen LogP) is 3.57. The summed E-state index contributed by atoms with van der Waals surface area (Å²) in [7, 11) is 0. The highest BCUT2D eigenvalue weighted by Crippen LogP contribution is 2.14. The third-order valence-electron chi connectivity index (χ3n) is 3.27. The fourth-order valence-electron chi connectivity index (χ4n) is 1.76. The second kappa shape index (κ2) is 6.57. The molecule has 106 valence electrons. The minimum absolute atomic E-state index is 0.00566. The van der Waals surface area contributed by atoms with Gasteiger partial charge in [-0.2, -0.15) is 5.10 Å². The van der Waals surface area contributed by atoms with Gasteiger partial charge >= 0.3 is 0 Å². The summed E-state index contributed by atoms with van der Waals surface area (Å²) in [6, 6.07) is 9.39. The lowest BCUT2D eigenvalue weighted by molar-refractivity contribution is -0.119. The number of anilines is 1. The van der Waals surface area contributed by atoms with E-state index in [0.29, 0.717) is 17.4 Å². The molecule has 0 aliphatic rings. The molecule has 0 radical (unpaired) electrons. The summed E-state index contributed by atoms with van der Waals surface area (Å²) in [5.74, 6) is 0.726. The summed E-state index contributed by atoms with van der Waals surface area (Å²) in [5.41, 5.74) is 1.08. The maximum atomic E-state index is 11.9. The Hall–Kier alpha value is -1.81. The molecule has 4 nitrogen and oxygen atoms in total. The van der Waals surface area contributed by atoms with Gasteiger partial charge in [0.1, 0.15) is 5.82 Å². The number of nitrogens with zero attached hydrogens (tertiary/aromatic N) is 2. The third kappa shape index (κ3) is 3.61. The molecule has 1 aromatic carbocycles. The first-order valence-electron chi connectivity index (χ1n) is 6.67. The molecule has 0 fully saturated rings. The average molecular weight is 292 g/mol. The molecule has 1 heterocycles. The van der Waals surface area contributed by atoms with Crippen LogP contribution in [0.15, 0.2) is 36.5 Å². The van der Waals surface area contributed by atoms with Crippen LogP contribution in [0.5, 0.6) is 0 Å². The molecular formula is C15H18ClN3O. The quantitative estimate of drug-likeness (QED) is 0.915. The van der Waals surface area contributed by atoms with Gasteiger partial charge < -0.3 is 5.32 Å². The number of benzene rings is 1. The molecular weight excluding hydrogens is 274 g/mol. The van der Waals surface area contributed by atoms with Crippen LogP contribution in [0, 0.1) is 5.92 Å². The molecule has 0 bridgehead atoms. The summed E-state index contributed by atoms with van der Waals surface area (Å²) >= 11 is 5.87. The zero-order valence-electron chi connectivity index (χ0n) is 11.6. The largest absolute Gasteiger partial charge is 0.311 e. The van der Waals surface area contributed by atoms with Gasteiger partial charge in [-0.3, -0.25) is 4.79 Å². The van der Waals surface area contributed by atoms with Gasteiger partial charge in [0, 0.05) is 17.0 Å². The number of aromatic nitrogens is 2. The molecule has 1 aromatic heterocycles. The van der Waals surface area contributed by atoms with Crippen molar-refractivity contribution in [1.82, 2.24) is 9.78 Å². The van der Waals surface area contributed by atoms with Crippen LogP contribution in [0.25, 0.3) is 0 Å². The first-order chi connectivity index (χ1) is 9.60. The van der Waals surface area contributed by atoms with Crippen LogP contribution in [-0.4, -0.2) is 15.7 Å². The van der Waals surface area contributed by atoms with Crippen molar-refractivity contribution in [2.24, 2.45) is 5.92 Å². The topological polar surface area (TPSA) is 46.9 Å². The van der Waals surface area contributed by atoms with Crippen LogP contribution < -0.4 is 5.32 Å². The smallest absolute Gasteiger partial charge is 0.228 e. The molecule has 0 aliphatic carbocycles. The highest BCUT2D eigenvalue weighted by molar-refractivity contribution is 6.30. The Morgan fingerprint density at radius 1 is 1.35 bits per heavy atom. The van der Waals surface area contributed by atoms with Crippen molar-refractivity contribution in [2.75, 3.05) is 5.32 Å². The lowest BCUT2D eigenvalue weighted by Gasteiger charge is -2.12. The molecule has 2 rings (SSSR count). The van der Waals surface area contributed by atoms with Gasteiger partial charge in [0.15, 0.2) is 0 Å². The van der Waals surface area contributed by atoms with E-state index in [4.69, 9.17) is 11.6 Å². The molecule has 1 amide bonds. The lowest BCUT2D eigenvalue weighted by Crippen LogP contribution is -2.22. The molecule has 1 atom stereocenters. The Balaban J connectivity index is 2.08. The fraction of sp³-hybridized carbons (Fsp3) is 0.333. The summed E-state index contributed by atoms with van der Waals surface area (Å²) in [6.07, 6.45) is 2.50. The first-order valence-corrected chi connectivity index (χ1v) is 7.05. The van der Waals surface area contributed by atoms with Crippen molar-refractivity contribution < 1.29 is 4.79 Å². The van der Waals surface area contributed by atoms with Crippen LogP contribution in [0.4, 0.5) is 5.82 Å². The van der Waals surface area contributed by atoms with E-state index in [2.05, 4.69) is 10.4 Å². The van der Waals surface area contributed by atoms with Crippen LogP contribution in [0.1, 0.15) is 25.8 Å². The number of hydrogen-bond donors (Lipinski definition) is 1. The standard InChI is InChI=1S/C15H18ClN3O/c1-3-11(2)15(20)18-14-8-9-17-19(14)10-12-4-6-13(16)7-5-12/h4-9,11H,3,10H2,1-2H3,(H,18,20). The van der Waals surface area contributed by atoms with Crippen molar-refractivity contribution in [3.8, 4) is 0 Å². The van der Waals surface area contributed by atoms with E-state index >= 15 is 0 Å². The maximum absolute atomic E-state index is 11.9. The molecule has 2 aromatic rings. The number of rotatable bonds is 5. The summed E-state index contributed by atoms with van der Waals surface area (Å²) < 4.78 is 1.77. The van der Waals surface area contributed by atoms with Crippen LogP contribution in [-0.2, 0) is 11.3 Å². The lowest BCUT2D eigenvalue weighted by atomic mass is 10.1. The predicted molar refractivity (Wildman–Crippen MR) is 80.9 cm³/mol. The molecule has 1 unspecified atom stereocenters. The van der Waals surface area contributed by atoms with Crippen LogP contribution in [0.2, 0.25) is 5.02 Å². The normalized spacial score (nSPS) is 12.2. The molecule has 0 spiro atoms.